The second kappa shape index (κ2) is 13.1. The minimum absolute atomic E-state index is 0.207. The fourth-order valence-corrected chi connectivity index (χ4v) is 3.06. The van der Waals surface area contributed by atoms with Crippen molar-refractivity contribution in [3.63, 3.8) is 0 Å². The lowest BCUT2D eigenvalue weighted by atomic mass is 9.84. The molecule has 3 atom stereocenters. The summed E-state index contributed by atoms with van der Waals surface area (Å²) < 4.78 is 0. The van der Waals surface area contributed by atoms with E-state index in [-0.39, 0.29) is 12.8 Å². The van der Waals surface area contributed by atoms with Crippen LogP contribution in [0, 0.1) is 17.8 Å². The molecule has 0 aliphatic carbocycles. The van der Waals surface area contributed by atoms with Gasteiger partial charge in [0.15, 0.2) is 0 Å². The van der Waals surface area contributed by atoms with Gasteiger partial charge in [-0.1, -0.05) is 45.4 Å². The Hall–Kier alpha value is -2.12. The van der Waals surface area contributed by atoms with Crippen LogP contribution in [0.3, 0.4) is 0 Å². The molecule has 0 saturated heterocycles. The van der Waals surface area contributed by atoms with Crippen LogP contribution in [-0.4, -0.2) is 44.3 Å². The third-order valence-electron chi connectivity index (χ3n) is 4.58. The summed E-state index contributed by atoms with van der Waals surface area (Å²) in [5.41, 5.74) is 0. The van der Waals surface area contributed by atoms with Crippen molar-refractivity contribution in [2.75, 3.05) is 0 Å². The molecule has 0 aromatic rings. The fraction of sp³-hybridized carbons (Fsp3) is 0.778. The number of carboxylic acids is 4. The van der Waals surface area contributed by atoms with Crippen molar-refractivity contribution < 1.29 is 39.6 Å². The van der Waals surface area contributed by atoms with Crippen molar-refractivity contribution in [1.82, 2.24) is 0 Å². The van der Waals surface area contributed by atoms with E-state index in [0.29, 0.717) is 32.1 Å². The SMILES string of the molecule is CCCCCC(C(=O)O)C(CCCCCC(CC(=O)O)C(=O)O)C(=O)O. The third kappa shape index (κ3) is 10.0. The van der Waals surface area contributed by atoms with E-state index in [0.717, 1.165) is 12.8 Å². The highest BCUT2D eigenvalue weighted by Crippen LogP contribution is 2.26. The standard InChI is InChI=1S/C18H30O8/c1-2-3-5-9-13(17(23)24)14(18(25)26)10-7-4-6-8-12(16(21)22)11-15(19)20/h12-14H,2-11H2,1H3,(H,19,20)(H,21,22)(H,23,24)(H,25,26). The number of hydrogen-bond acceptors (Lipinski definition) is 4. The molecule has 0 fully saturated rings. The Labute approximate surface area is 153 Å². The lowest BCUT2D eigenvalue weighted by Gasteiger charge is -2.20. The molecular formula is C18H30O8. The quantitative estimate of drug-likeness (QED) is 0.301. The Morgan fingerprint density at radius 1 is 0.654 bits per heavy atom. The van der Waals surface area contributed by atoms with E-state index in [2.05, 4.69) is 0 Å². The van der Waals surface area contributed by atoms with Gasteiger partial charge in [0.2, 0.25) is 0 Å². The Morgan fingerprint density at radius 2 is 1.12 bits per heavy atom. The van der Waals surface area contributed by atoms with Crippen molar-refractivity contribution in [2.24, 2.45) is 17.8 Å². The van der Waals surface area contributed by atoms with E-state index >= 15 is 0 Å². The van der Waals surface area contributed by atoms with Gasteiger partial charge in [-0.05, 0) is 19.3 Å². The highest BCUT2D eigenvalue weighted by atomic mass is 16.4. The minimum atomic E-state index is -1.17. The lowest BCUT2D eigenvalue weighted by molar-refractivity contribution is -0.154. The maximum Gasteiger partial charge on any atom is 0.307 e. The predicted octanol–water partition coefficient (Wildman–Crippen LogP) is 3.09. The van der Waals surface area contributed by atoms with Crippen molar-refractivity contribution in [1.29, 1.82) is 0 Å². The molecular weight excluding hydrogens is 344 g/mol. The molecule has 0 spiro atoms. The molecule has 8 nitrogen and oxygen atoms in total. The number of rotatable bonds is 16. The largest absolute Gasteiger partial charge is 0.481 e. The molecule has 0 radical (unpaired) electrons. The van der Waals surface area contributed by atoms with Gasteiger partial charge in [-0.25, -0.2) is 0 Å². The normalized spacial score (nSPS) is 14.3. The fourth-order valence-electron chi connectivity index (χ4n) is 3.06. The molecule has 0 rings (SSSR count). The maximum absolute atomic E-state index is 11.5. The number of hydrogen-bond donors (Lipinski definition) is 4. The topological polar surface area (TPSA) is 149 Å². The molecule has 0 aromatic carbocycles. The predicted molar refractivity (Wildman–Crippen MR) is 92.9 cm³/mol. The average Bonchev–Trinajstić information content (AvgIpc) is 2.53. The molecule has 8 heteroatoms. The zero-order valence-corrected chi connectivity index (χ0v) is 15.2. The van der Waals surface area contributed by atoms with Crippen LogP contribution in [-0.2, 0) is 19.2 Å². The second-order valence-corrected chi connectivity index (χ2v) is 6.66. The van der Waals surface area contributed by atoms with E-state index < -0.39 is 48.1 Å². The van der Waals surface area contributed by atoms with E-state index in [1.807, 2.05) is 6.92 Å². The van der Waals surface area contributed by atoms with Gasteiger partial charge >= 0.3 is 23.9 Å². The van der Waals surface area contributed by atoms with Crippen LogP contribution in [0.5, 0.6) is 0 Å². The van der Waals surface area contributed by atoms with Gasteiger partial charge in [0.05, 0.1) is 24.2 Å². The molecule has 0 aliphatic heterocycles. The lowest BCUT2D eigenvalue weighted by Crippen LogP contribution is -2.30. The number of carbonyl (C=O) groups is 4. The highest BCUT2D eigenvalue weighted by Gasteiger charge is 2.32. The average molecular weight is 374 g/mol. The molecule has 0 saturated carbocycles. The molecule has 26 heavy (non-hydrogen) atoms. The summed E-state index contributed by atoms with van der Waals surface area (Å²) in [5, 5.41) is 36.3. The van der Waals surface area contributed by atoms with E-state index in [1.54, 1.807) is 0 Å². The first-order chi connectivity index (χ1) is 12.2. The van der Waals surface area contributed by atoms with Gasteiger partial charge in [0.25, 0.3) is 0 Å². The monoisotopic (exact) mass is 374 g/mol. The summed E-state index contributed by atoms with van der Waals surface area (Å²) in [4.78, 5) is 44.5. The first-order valence-corrected chi connectivity index (χ1v) is 9.10. The van der Waals surface area contributed by atoms with Crippen LogP contribution in [0.2, 0.25) is 0 Å². The molecule has 0 bridgehead atoms. The van der Waals surface area contributed by atoms with Crippen molar-refractivity contribution in [3.05, 3.63) is 0 Å². The van der Waals surface area contributed by atoms with Crippen LogP contribution in [0.4, 0.5) is 0 Å². The third-order valence-corrected chi connectivity index (χ3v) is 4.58. The number of aliphatic carboxylic acids is 4. The summed E-state index contributed by atoms with van der Waals surface area (Å²) in [6.45, 7) is 1.99. The Kier molecular flexibility index (Phi) is 12.1. The molecule has 0 amide bonds. The van der Waals surface area contributed by atoms with Crippen LogP contribution >= 0.6 is 0 Å². The van der Waals surface area contributed by atoms with Crippen molar-refractivity contribution in [2.45, 2.75) is 71.1 Å². The van der Waals surface area contributed by atoms with Gasteiger partial charge in [-0.3, -0.25) is 19.2 Å². The molecule has 0 aliphatic rings. The first kappa shape index (κ1) is 23.9. The van der Waals surface area contributed by atoms with Gasteiger partial charge in [0, 0.05) is 0 Å². The molecule has 4 N–H and O–H groups in total. The van der Waals surface area contributed by atoms with E-state index in [1.165, 1.54) is 0 Å². The highest BCUT2D eigenvalue weighted by molar-refractivity contribution is 5.80. The second-order valence-electron chi connectivity index (χ2n) is 6.66. The van der Waals surface area contributed by atoms with Crippen LogP contribution < -0.4 is 0 Å². The molecule has 150 valence electrons. The molecule has 0 heterocycles. The van der Waals surface area contributed by atoms with Gasteiger partial charge in [-0.2, -0.15) is 0 Å². The molecule has 3 unspecified atom stereocenters. The maximum atomic E-state index is 11.5. The smallest absolute Gasteiger partial charge is 0.307 e. The Bertz CT molecular complexity index is 474. The summed E-state index contributed by atoms with van der Waals surface area (Å²) in [6, 6.07) is 0. The first-order valence-electron chi connectivity index (χ1n) is 9.10. The van der Waals surface area contributed by atoms with Crippen LogP contribution in [0.1, 0.15) is 71.1 Å². The van der Waals surface area contributed by atoms with E-state index in [4.69, 9.17) is 10.2 Å². The van der Waals surface area contributed by atoms with Crippen molar-refractivity contribution in [3.8, 4) is 0 Å². The summed E-state index contributed by atoms with van der Waals surface area (Å²) in [6.07, 6.45) is 4.24. The van der Waals surface area contributed by atoms with Crippen LogP contribution in [0.15, 0.2) is 0 Å². The van der Waals surface area contributed by atoms with Gasteiger partial charge in [-0.15, -0.1) is 0 Å². The Balaban J connectivity index is 4.46. The number of carboxylic acid groups (broad SMARTS) is 4. The summed E-state index contributed by atoms with van der Waals surface area (Å²) >= 11 is 0. The Morgan fingerprint density at radius 3 is 1.50 bits per heavy atom. The van der Waals surface area contributed by atoms with E-state index in [9.17, 15) is 29.4 Å². The zero-order valence-electron chi connectivity index (χ0n) is 15.2. The molecule has 0 aromatic heterocycles. The van der Waals surface area contributed by atoms with Crippen molar-refractivity contribution >= 4 is 23.9 Å². The summed E-state index contributed by atoms with van der Waals surface area (Å²) in [5.74, 6) is -7.37. The van der Waals surface area contributed by atoms with Gasteiger partial charge < -0.3 is 20.4 Å². The minimum Gasteiger partial charge on any atom is -0.481 e. The van der Waals surface area contributed by atoms with Gasteiger partial charge in [0.1, 0.15) is 0 Å². The number of unbranched alkanes of at least 4 members (excludes halogenated alkanes) is 4. The van der Waals surface area contributed by atoms with Crippen LogP contribution in [0.25, 0.3) is 0 Å². The zero-order chi connectivity index (χ0) is 20.1. The summed E-state index contributed by atoms with van der Waals surface area (Å²) in [7, 11) is 0.